The van der Waals surface area contributed by atoms with Crippen molar-refractivity contribution in [3.63, 3.8) is 0 Å². The van der Waals surface area contributed by atoms with E-state index in [4.69, 9.17) is 14.2 Å². The lowest BCUT2D eigenvalue weighted by atomic mass is 10.2. The molecule has 0 bridgehead atoms. The van der Waals surface area contributed by atoms with Crippen LogP contribution in [0, 0.1) is 0 Å². The summed E-state index contributed by atoms with van der Waals surface area (Å²) in [6.07, 6.45) is 2.51. The molecule has 0 atom stereocenters. The number of hydrogen-bond donors (Lipinski definition) is 1. The van der Waals surface area contributed by atoms with Gasteiger partial charge in [0.15, 0.2) is 18.1 Å². The monoisotopic (exact) mass is 370 g/mol. The van der Waals surface area contributed by atoms with Gasteiger partial charge in [-0.2, -0.15) is 5.10 Å². The molecule has 0 saturated heterocycles. The first-order valence-corrected chi connectivity index (χ1v) is 8.90. The second-order valence-electron chi connectivity index (χ2n) is 6.16. The topological polar surface area (TPSA) is 69.2 Å². The first-order chi connectivity index (χ1) is 13.0. The minimum atomic E-state index is -0.333. The molecule has 1 N–H and O–H groups in total. The van der Waals surface area contributed by atoms with E-state index in [1.54, 1.807) is 13.2 Å². The van der Waals surface area contributed by atoms with Gasteiger partial charge in [0.25, 0.3) is 5.91 Å². The quantitative estimate of drug-likeness (QED) is 0.541. The molecule has 0 heterocycles. The molecule has 1 amide bonds. The molecule has 0 saturated carbocycles. The standard InChI is InChI=1S/C21H26N2O4/c1-5-16-7-6-8-18(11-16)26-14-21(24)23-22-13-17-9-10-19(27-15(2)3)20(12-17)25-4/h6-13,15H,5,14H2,1-4H3,(H,23,24)/b22-13+. The van der Waals surface area contributed by atoms with Crippen LogP contribution in [0.3, 0.4) is 0 Å². The third kappa shape index (κ3) is 6.66. The van der Waals surface area contributed by atoms with E-state index in [0.717, 1.165) is 17.5 Å². The fourth-order valence-electron chi connectivity index (χ4n) is 2.33. The molecule has 0 unspecified atom stereocenters. The van der Waals surface area contributed by atoms with E-state index >= 15 is 0 Å². The third-order valence-corrected chi connectivity index (χ3v) is 3.63. The van der Waals surface area contributed by atoms with E-state index < -0.39 is 0 Å². The molecule has 27 heavy (non-hydrogen) atoms. The molecule has 2 aromatic carbocycles. The summed E-state index contributed by atoms with van der Waals surface area (Å²) in [5.41, 5.74) is 4.38. The molecule has 0 radical (unpaired) electrons. The fraction of sp³-hybridized carbons (Fsp3) is 0.333. The summed E-state index contributed by atoms with van der Waals surface area (Å²) in [5.74, 6) is 1.60. The Morgan fingerprint density at radius 3 is 2.70 bits per heavy atom. The van der Waals surface area contributed by atoms with Crippen molar-refractivity contribution in [3.05, 3.63) is 53.6 Å². The summed E-state index contributed by atoms with van der Waals surface area (Å²) >= 11 is 0. The highest BCUT2D eigenvalue weighted by Crippen LogP contribution is 2.28. The van der Waals surface area contributed by atoms with Gasteiger partial charge in [-0.05, 0) is 61.7 Å². The predicted octanol–water partition coefficient (Wildman–Crippen LogP) is 3.57. The summed E-state index contributed by atoms with van der Waals surface area (Å²) in [5, 5.41) is 3.95. The Kier molecular flexibility index (Phi) is 7.67. The highest BCUT2D eigenvalue weighted by molar-refractivity contribution is 5.83. The Labute approximate surface area is 160 Å². The SMILES string of the molecule is CCc1cccc(OCC(=O)N/N=C/c2ccc(OC(C)C)c(OC)c2)c1. The number of carbonyl (C=O) groups excluding carboxylic acids is 1. The number of nitrogens with one attached hydrogen (secondary N) is 1. The van der Waals surface area contributed by atoms with Crippen LogP contribution in [0.25, 0.3) is 0 Å². The zero-order valence-electron chi connectivity index (χ0n) is 16.2. The number of carbonyl (C=O) groups is 1. The van der Waals surface area contributed by atoms with Crippen molar-refractivity contribution >= 4 is 12.1 Å². The van der Waals surface area contributed by atoms with Crippen molar-refractivity contribution in [2.75, 3.05) is 13.7 Å². The molecule has 0 fully saturated rings. The molecule has 0 aromatic heterocycles. The van der Waals surface area contributed by atoms with Crippen LogP contribution in [0.5, 0.6) is 17.2 Å². The Morgan fingerprint density at radius 2 is 2.00 bits per heavy atom. The minimum absolute atomic E-state index is 0.0516. The van der Waals surface area contributed by atoms with Crippen LogP contribution in [-0.2, 0) is 11.2 Å². The molecule has 0 aliphatic rings. The van der Waals surface area contributed by atoms with Crippen LogP contribution in [-0.4, -0.2) is 31.9 Å². The number of ether oxygens (including phenoxy) is 3. The van der Waals surface area contributed by atoms with Crippen molar-refractivity contribution in [2.24, 2.45) is 5.10 Å². The number of rotatable bonds is 9. The number of amides is 1. The van der Waals surface area contributed by atoms with E-state index in [9.17, 15) is 4.79 Å². The smallest absolute Gasteiger partial charge is 0.277 e. The van der Waals surface area contributed by atoms with Crippen molar-refractivity contribution < 1.29 is 19.0 Å². The van der Waals surface area contributed by atoms with E-state index in [0.29, 0.717) is 17.2 Å². The average Bonchev–Trinajstić information content (AvgIpc) is 2.67. The summed E-state index contributed by atoms with van der Waals surface area (Å²) in [7, 11) is 1.58. The lowest BCUT2D eigenvalue weighted by molar-refractivity contribution is -0.123. The van der Waals surface area contributed by atoms with E-state index in [1.165, 1.54) is 6.21 Å². The lowest BCUT2D eigenvalue weighted by Gasteiger charge is -2.13. The zero-order valence-corrected chi connectivity index (χ0v) is 16.2. The maximum absolute atomic E-state index is 11.9. The van der Waals surface area contributed by atoms with Crippen molar-refractivity contribution in [1.82, 2.24) is 5.43 Å². The van der Waals surface area contributed by atoms with Gasteiger partial charge in [0.1, 0.15) is 5.75 Å². The fourth-order valence-corrected chi connectivity index (χ4v) is 2.33. The third-order valence-electron chi connectivity index (χ3n) is 3.63. The van der Waals surface area contributed by atoms with Crippen LogP contribution in [0.2, 0.25) is 0 Å². The molecule has 6 nitrogen and oxygen atoms in total. The number of hydrazone groups is 1. The van der Waals surface area contributed by atoms with Crippen LogP contribution >= 0.6 is 0 Å². The van der Waals surface area contributed by atoms with Gasteiger partial charge in [0.05, 0.1) is 19.4 Å². The van der Waals surface area contributed by atoms with E-state index in [-0.39, 0.29) is 18.6 Å². The number of nitrogens with zero attached hydrogens (tertiary/aromatic N) is 1. The first-order valence-electron chi connectivity index (χ1n) is 8.90. The van der Waals surface area contributed by atoms with Gasteiger partial charge in [0, 0.05) is 0 Å². The van der Waals surface area contributed by atoms with E-state index in [1.807, 2.05) is 50.2 Å². The minimum Gasteiger partial charge on any atom is -0.493 e. The van der Waals surface area contributed by atoms with Gasteiger partial charge in [-0.1, -0.05) is 19.1 Å². The Balaban J connectivity index is 1.87. The number of benzene rings is 2. The van der Waals surface area contributed by atoms with Gasteiger partial charge < -0.3 is 14.2 Å². The van der Waals surface area contributed by atoms with Gasteiger partial charge in [-0.15, -0.1) is 0 Å². The average molecular weight is 370 g/mol. The summed E-state index contributed by atoms with van der Waals surface area (Å²) in [4.78, 5) is 11.9. The van der Waals surface area contributed by atoms with E-state index in [2.05, 4.69) is 17.5 Å². The Hall–Kier alpha value is -3.02. The lowest BCUT2D eigenvalue weighted by Crippen LogP contribution is -2.24. The first kappa shape index (κ1) is 20.3. The second kappa shape index (κ2) is 10.2. The molecular weight excluding hydrogens is 344 g/mol. The van der Waals surface area contributed by atoms with Gasteiger partial charge in [-0.3, -0.25) is 4.79 Å². The van der Waals surface area contributed by atoms with Crippen molar-refractivity contribution in [1.29, 1.82) is 0 Å². The second-order valence-corrected chi connectivity index (χ2v) is 6.16. The van der Waals surface area contributed by atoms with Crippen molar-refractivity contribution in [3.8, 4) is 17.2 Å². The maximum Gasteiger partial charge on any atom is 0.277 e. The number of hydrogen-bond acceptors (Lipinski definition) is 5. The zero-order chi connectivity index (χ0) is 19.6. The molecule has 2 rings (SSSR count). The van der Waals surface area contributed by atoms with Crippen LogP contribution in [0.1, 0.15) is 31.9 Å². The highest BCUT2D eigenvalue weighted by Gasteiger charge is 2.07. The van der Waals surface area contributed by atoms with Crippen LogP contribution < -0.4 is 19.6 Å². The van der Waals surface area contributed by atoms with Gasteiger partial charge in [-0.25, -0.2) is 5.43 Å². The molecule has 0 aliphatic heterocycles. The predicted molar refractivity (Wildman–Crippen MR) is 106 cm³/mol. The van der Waals surface area contributed by atoms with Gasteiger partial charge in [0.2, 0.25) is 0 Å². The molecule has 0 spiro atoms. The molecule has 144 valence electrons. The molecular formula is C21H26N2O4. The van der Waals surface area contributed by atoms with Crippen LogP contribution in [0.4, 0.5) is 0 Å². The number of aryl methyl sites for hydroxylation is 1. The molecule has 2 aromatic rings. The Bertz CT molecular complexity index is 788. The highest BCUT2D eigenvalue weighted by atomic mass is 16.5. The maximum atomic E-state index is 11.9. The number of methoxy groups -OCH3 is 1. The summed E-state index contributed by atoms with van der Waals surface area (Å²) < 4.78 is 16.5. The molecule has 6 heteroatoms. The van der Waals surface area contributed by atoms with Crippen LogP contribution in [0.15, 0.2) is 47.6 Å². The summed E-state index contributed by atoms with van der Waals surface area (Å²) in [6, 6.07) is 13.1. The largest absolute Gasteiger partial charge is 0.493 e. The summed E-state index contributed by atoms with van der Waals surface area (Å²) in [6.45, 7) is 5.86. The van der Waals surface area contributed by atoms with Gasteiger partial charge >= 0.3 is 0 Å². The van der Waals surface area contributed by atoms with Crippen molar-refractivity contribution in [2.45, 2.75) is 33.3 Å². The Morgan fingerprint density at radius 1 is 1.19 bits per heavy atom. The molecule has 0 aliphatic carbocycles. The normalized spacial score (nSPS) is 10.9.